The number of aromatic amines is 1. The van der Waals surface area contributed by atoms with E-state index in [1.807, 2.05) is 6.07 Å². The van der Waals surface area contributed by atoms with Gasteiger partial charge in [0.25, 0.3) is 5.91 Å². The van der Waals surface area contributed by atoms with Crippen molar-refractivity contribution in [2.24, 2.45) is 5.92 Å². The Bertz CT molecular complexity index is 824. The molecule has 2 N–H and O–H groups in total. The molecule has 0 atom stereocenters. The number of aromatic nitrogens is 3. The number of hydrogen-bond acceptors (Lipinski definition) is 4. The van der Waals surface area contributed by atoms with Crippen LogP contribution in [-0.2, 0) is 4.79 Å². The van der Waals surface area contributed by atoms with Crippen LogP contribution >= 0.6 is 0 Å². The first-order valence-corrected chi connectivity index (χ1v) is 8.88. The van der Waals surface area contributed by atoms with Crippen molar-refractivity contribution in [1.29, 1.82) is 0 Å². The molecule has 2 heterocycles. The second-order valence-corrected chi connectivity index (χ2v) is 6.93. The van der Waals surface area contributed by atoms with Crippen molar-refractivity contribution in [1.82, 2.24) is 20.3 Å². The van der Waals surface area contributed by atoms with Crippen LogP contribution in [0.15, 0.2) is 24.3 Å². The van der Waals surface area contributed by atoms with Gasteiger partial charge < -0.3 is 10.2 Å². The normalized spacial score (nSPS) is 22.1. The first-order chi connectivity index (χ1) is 12.6. The maximum absolute atomic E-state index is 13.3. The molecule has 2 aromatic rings. The van der Waals surface area contributed by atoms with Crippen LogP contribution in [0.1, 0.15) is 47.7 Å². The van der Waals surface area contributed by atoms with Gasteiger partial charge in [-0.3, -0.25) is 9.59 Å². The maximum Gasteiger partial charge on any atom is 0.278 e. The summed E-state index contributed by atoms with van der Waals surface area (Å²) in [6.07, 6.45) is 3.27. The maximum atomic E-state index is 13.3. The van der Waals surface area contributed by atoms with E-state index in [9.17, 15) is 14.0 Å². The minimum atomic E-state index is -0.261. The second-order valence-electron chi connectivity index (χ2n) is 6.93. The van der Waals surface area contributed by atoms with Crippen molar-refractivity contribution in [2.45, 2.75) is 31.6 Å². The Kier molecular flexibility index (Phi) is 4.40. The summed E-state index contributed by atoms with van der Waals surface area (Å²) in [7, 11) is 0. The van der Waals surface area contributed by atoms with Gasteiger partial charge in [-0.15, -0.1) is 10.2 Å². The van der Waals surface area contributed by atoms with Crippen molar-refractivity contribution in [2.75, 3.05) is 18.4 Å². The lowest BCUT2D eigenvalue weighted by molar-refractivity contribution is -0.122. The van der Waals surface area contributed by atoms with Crippen molar-refractivity contribution in [3.63, 3.8) is 0 Å². The Balaban J connectivity index is 1.36. The molecule has 2 aliphatic rings. The fourth-order valence-corrected chi connectivity index (χ4v) is 3.62. The molecule has 4 rings (SSSR count). The summed E-state index contributed by atoms with van der Waals surface area (Å²) < 4.78 is 13.3. The van der Waals surface area contributed by atoms with Crippen LogP contribution in [0.4, 0.5) is 10.2 Å². The average molecular weight is 357 g/mol. The van der Waals surface area contributed by atoms with E-state index in [4.69, 9.17) is 0 Å². The quantitative estimate of drug-likeness (QED) is 0.878. The van der Waals surface area contributed by atoms with Crippen molar-refractivity contribution >= 4 is 17.6 Å². The highest BCUT2D eigenvalue weighted by atomic mass is 19.1. The van der Waals surface area contributed by atoms with Gasteiger partial charge >= 0.3 is 0 Å². The lowest BCUT2D eigenvalue weighted by atomic mass is 9.71. The number of rotatable bonds is 4. The van der Waals surface area contributed by atoms with E-state index < -0.39 is 0 Å². The predicted octanol–water partition coefficient (Wildman–Crippen LogP) is 2.31. The number of halogens is 1. The summed E-state index contributed by atoms with van der Waals surface area (Å²) in [5.41, 5.74) is 1.07. The number of carbonyl (C=O) groups is 2. The van der Waals surface area contributed by atoms with Crippen LogP contribution in [0.2, 0.25) is 0 Å². The Labute approximate surface area is 150 Å². The van der Waals surface area contributed by atoms with E-state index >= 15 is 0 Å². The van der Waals surface area contributed by atoms with Crippen LogP contribution in [0.5, 0.6) is 0 Å². The third-order valence-corrected chi connectivity index (χ3v) is 5.21. The number of benzene rings is 1. The van der Waals surface area contributed by atoms with Gasteiger partial charge in [-0.05, 0) is 49.3 Å². The Morgan fingerprint density at radius 1 is 1.19 bits per heavy atom. The number of amides is 2. The first kappa shape index (κ1) is 16.7. The minimum Gasteiger partial charge on any atom is -0.337 e. The minimum absolute atomic E-state index is 0.154. The predicted molar refractivity (Wildman–Crippen MR) is 92.0 cm³/mol. The fourth-order valence-electron chi connectivity index (χ4n) is 3.62. The van der Waals surface area contributed by atoms with Gasteiger partial charge in [0.05, 0.1) is 0 Å². The van der Waals surface area contributed by atoms with E-state index in [1.165, 1.54) is 12.1 Å². The molecule has 1 aliphatic heterocycles. The van der Waals surface area contributed by atoms with E-state index in [1.54, 1.807) is 11.0 Å². The van der Waals surface area contributed by atoms with Gasteiger partial charge in [0.1, 0.15) is 5.82 Å². The van der Waals surface area contributed by atoms with Crippen LogP contribution in [0, 0.1) is 11.7 Å². The van der Waals surface area contributed by atoms with Gasteiger partial charge in [0.2, 0.25) is 5.91 Å². The van der Waals surface area contributed by atoms with Crippen molar-refractivity contribution < 1.29 is 14.0 Å². The number of anilines is 1. The highest BCUT2D eigenvalue weighted by Gasteiger charge is 2.36. The standard InChI is InChI=1S/C18H20FN5O2/c19-14-5-3-4-11(10-14)12-8-13(9-12)17(25)20-16-15(21-23-22-16)18(26)24-6-1-2-7-24/h3-5,10,12-13H,1-2,6-9H2,(H2,20,21,22,23,25). The molecule has 0 spiro atoms. The van der Waals surface area contributed by atoms with E-state index in [0.29, 0.717) is 25.9 Å². The molecule has 1 saturated heterocycles. The lowest BCUT2D eigenvalue weighted by Crippen LogP contribution is -2.34. The molecule has 1 aromatic heterocycles. The summed E-state index contributed by atoms with van der Waals surface area (Å²) >= 11 is 0. The summed E-state index contributed by atoms with van der Waals surface area (Å²) in [5, 5.41) is 13.0. The smallest absolute Gasteiger partial charge is 0.278 e. The Morgan fingerprint density at radius 2 is 1.96 bits per heavy atom. The topological polar surface area (TPSA) is 91.0 Å². The molecule has 1 aromatic carbocycles. The number of likely N-dealkylation sites (tertiary alicyclic amines) is 1. The van der Waals surface area contributed by atoms with E-state index in [2.05, 4.69) is 20.7 Å². The molecule has 2 amide bonds. The van der Waals surface area contributed by atoms with Gasteiger partial charge in [-0.1, -0.05) is 12.1 Å². The fraction of sp³-hybridized carbons (Fsp3) is 0.444. The molecule has 0 bridgehead atoms. The number of hydrogen-bond donors (Lipinski definition) is 2. The van der Waals surface area contributed by atoms with E-state index in [0.717, 1.165) is 18.4 Å². The monoisotopic (exact) mass is 357 g/mol. The Hall–Kier alpha value is -2.77. The number of H-pyrrole nitrogens is 1. The number of carbonyl (C=O) groups excluding carboxylic acids is 2. The first-order valence-electron chi connectivity index (χ1n) is 8.88. The van der Waals surface area contributed by atoms with Crippen LogP contribution in [0.3, 0.4) is 0 Å². The van der Waals surface area contributed by atoms with Gasteiger partial charge in [0.15, 0.2) is 11.5 Å². The lowest BCUT2D eigenvalue weighted by Gasteiger charge is -2.34. The largest absolute Gasteiger partial charge is 0.337 e. The van der Waals surface area contributed by atoms with Crippen LogP contribution in [0.25, 0.3) is 0 Å². The molecule has 136 valence electrons. The zero-order chi connectivity index (χ0) is 18.1. The summed E-state index contributed by atoms with van der Waals surface area (Å²) in [6, 6.07) is 6.50. The molecule has 1 aliphatic carbocycles. The molecule has 2 fully saturated rings. The van der Waals surface area contributed by atoms with E-state index in [-0.39, 0.29) is 41.0 Å². The molecule has 7 nitrogen and oxygen atoms in total. The number of nitrogens with zero attached hydrogens (tertiary/aromatic N) is 3. The zero-order valence-electron chi connectivity index (χ0n) is 14.2. The second kappa shape index (κ2) is 6.86. The Morgan fingerprint density at radius 3 is 2.69 bits per heavy atom. The third kappa shape index (κ3) is 3.18. The highest BCUT2D eigenvalue weighted by Crippen LogP contribution is 2.42. The van der Waals surface area contributed by atoms with Crippen molar-refractivity contribution in [3.8, 4) is 0 Å². The van der Waals surface area contributed by atoms with Crippen LogP contribution in [-0.4, -0.2) is 45.2 Å². The number of nitrogens with one attached hydrogen (secondary N) is 2. The molecule has 8 heteroatoms. The SMILES string of the molecule is O=C(Nc1n[nH]nc1C(=O)N1CCCC1)C1CC(c2cccc(F)c2)C1. The molecule has 1 saturated carbocycles. The molecular weight excluding hydrogens is 337 g/mol. The third-order valence-electron chi connectivity index (χ3n) is 5.21. The highest BCUT2D eigenvalue weighted by molar-refractivity contribution is 6.01. The average Bonchev–Trinajstić information content (AvgIpc) is 3.24. The molecule has 26 heavy (non-hydrogen) atoms. The van der Waals surface area contributed by atoms with Gasteiger partial charge in [-0.2, -0.15) is 5.21 Å². The molecular formula is C18H20FN5O2. The summed E-state index contributed by atoms with van der Waals surface area (Å²) in [4.78, 5) is 26.6. The molecule has 0 radical (unpaired) electrons. The van der Waals surface area contributed by atoms with Crippen LogP contribution < -0.4 is 5.32 Å². The molecule has 0 unspecified atom stereocenters. The summed E-state index contributed by atoms with van der Waals surface area (Å²) in [5.74, 6) is -0.455. The zero-order valence-corrected chi connectivity index (χ0v) is 14.2. The van der Waals surface area contributed by atoms with Gasteiger partial charge in [0, 0.05) is 19.0 Å². The van der Waals surface area contributed by atoms with Gasteiger partial charge in [-0.25, -0.2) is 4.39 Å². The summed E-state index contributed by atoms with van der Waals surface area (Å²) in [6.45, 7) is 1.41. The van der Waals surface area contributed by atoms with Crippen molar-refractivity contribution in [3.05, 3.63) is 41.3 Å².